The number of epoxide rings is 1. The van der Waals surface area contributed by atoms with Crippen LogP contribution >= 0.6 is 22.6 Å². The second kappa shape index (κ2) is 10.4. The maximum absolute atomic E-state index is 12.1. The minimum atomic E-state index is -0.287. The molecule has 0 aromatic carbocycles. The molecule has 4 heteroatoms. The van der Waals surface area contributed by atoms with Crippen molar-refractivity contribution in [2.45, 2.75) is 71.7 Å². The van der Waals surface area contributed by atoms with E-state index in [1.165, 1.54) is 6.08 Å². The molecule has 1 aliphatic rings. The van der Waals surface area contributed by atoms with Gasteiger partial charge < -0.3 is 9.47 Å². The Balaban J connectivity index is 2.77. The van der Waals surface area contributed by atoms with Gasteiger partial charge in [0.15, 0.2) is 0 Å². The molecule has 0 amide bonds. The lowest BCUT2D eigenvalue weighted by Gasteiger charge is -2.23. The molecule has 0 aliphatic carbocycles. The third-order valence-corrected chi connectivity index (χ3v) is 4.68. The summed E-state index contributed by atoms with van der Waals surface area (Å²) >= 11 is 2.12. The summed E-state index contributed by atoms with van der Waals surface area (Å²) in [5, 5.41) is 0. The molecular formula is C20H31IO3. The number of ether oxygens (including phenoxy) is 2. The van der Waals surface area contributed by atoms with E-state index >= 15 is 0 Å². The van der Waals surface area contributed by atoms with Crippen LogP contribution in [0, 0.1) is 11.8 Å². The molecule has 24 heavy (non-hydrogen) atoms. The van der Waals surface area contributed by atoms with Gasteiger partial charge in [0.25, 0.3) is 0 Å². The molecule has 5 atom stereocenters. The molecule has 0 bridgehead atoms. The zero-order valence-electron chi connectivity index (χ0n) is 15.4. The molecule has 1 saturated heterocycles. The molecule has 0 aromatic heterocycles. The van der Waals surface area contributed by atoms with Gasteiger partial charge >= 0.3 is 5.97 Å². The summed E-state index contributed by atoms with van der Waals surface area (Å²) in [5.74, 6) is 0.380. The average Bonchev–Trinajstić information content (AvgIpc) is 3.24. The van der Waals surface area contributed by atoms with Crippen molar-refractivity contribution in [3.63, 3.8) is 0 Å². The summed E-state index contributed by atoms with van der Waals surface area (Å²) < 4.78 is 12.6. The van der Waals surface area contributed by atoms with E-state index < -0.39 is 0 Å². The molecule has 1 rings (SSSR count). The van der Waals surface area contributed by atoms with Crippen LogP contribution in [0.5, 0.6) is 0 Å². The van der Waals surface area contributed by atoms with Gasteiger partial charge in [-0.1, -0.05) is 45.4 Å². The summed E-state index contributed by atoms with van der Waals surface area (Å²) in [6, 6.07) is 0. The van der Waals surface area contributed by atoms with Gasteiger partial charge in [0.05, 0.1) is 6.10 Å². The minimum absolute atomic E-state index is 0.00458. The molecule has 136 valence electrons. The van der Waals surface area contributed by atoms with Gasteiger partial charge in [0, 0.05) is 6.08 Å². The fourth-order valence-electron chi connectivity index (χ4n) is 3.17. The predicted octanol–water partition coefficient (Wildman–Crippen LogP) is 5.60. The molecule has 3 nitrogen and oxygen atoms in total. The van der Waals surface area contributed by atoms with Crippen molar-refractivity contribution in [2.24, 2.45) is 11.8 Å². The van der Waals surface area contributed by atoms with E-state index in [0.29, 0.717) is 5.92 Å². The van der Waals surface area contributed by atoms with Crippen molar-refractivity contribution >= 4 is 28.6 Å². The van der Waals surface area contributed by atoms with Gasteiger partial charge in [-0.25, -0.2) is 4.79 Å². The monoisotopic (exact) mass is 446 g/mol. The molecule has 0 aromatic rings. The fourth-order valence-corrected chi connectivity index (χ4v) is 3.43. The van der Waals surface area contributed by atoms with E-state index in [0.717, 1.165) is 34.8 Å². The Kier molecular flexibility index (Phi) is 9.27. The van der Waals surface area contributed by atoms with Crippen molar-refractivity contribution < 1.29 is 14.3 Å². The maximum Gasteiger partial charge on any atom is 0.331 e. The largest absolute Gasteiger partial charge is 0.456 e. The van der Waals surface area contributed by atoms with Crippen molar-refractivity contribution in [3.8, 4) is 0 Å². The van der Waals surface area contributed by atoms with E-state index in [-0.39, 0.29) is 30.2 Å². The van der Waals surface area contributed by atoms with Crippen molar-refractivity contribution in [1.29, 1.82) is 0 Å². The van der Waals surface area contributed by atoms with Gasteiger partial charge in [0.2, 0.25) is 0 Å². The van der Waals surface area contributed by atoms with E-state index in [1.54, 1.807) is 0 Å². The topological polar surface area (TPSA) is 38.8 Å². The lowest BCUT2D eigenvalue weighted by Crippen LogP contribution is -2.32. The van der Waals surface area contributed by atoms with E-state index in [4.69, 9.17) is 9.47 Å². The number of allylic oxidation sites excluding steroid dienone is 3. The standard InChI is InChI=1S/C20H31IO3/c1-7-9-13(3)11-15(5)19(23-17(22)12-16(6)21)20-18(24-20)14(4)10-8-2/h7,12,14-15,18-20H,1,3,8-11H2,2,4-6H3/b16-12-/t14-,15-,18-,19+,20-/m0/s1. The molecule has 1 heterocycles. The van der Waals surface area contributed by atoms with Gasteiger partial charge in [-0.2, -0.15) is 0 Å². The Bertz CT molecular complexity index is 479. The average molecular weight is 446 g/mol. The normalized spacial score (nSPS) is 24.0. The highest BCUT2D eigenvalue weighted by atomic mass is 127. The Morgan fingerprint density at radius 1 is 1.38 bits per heavy atom. The van der Waals surface area contributed by atoms with Crippen LogP contribution in [0.3, 0.4) is 0 Å². The summed E-state index contributed by atoms with van der Waals surface area (Å²) in [4.78, 5) is 12.1. The van der Waals surface area contributed by atoms with Gasteiger partial charge in [0.1, 0.15) is 12.2 Å². The smallest absolute Gasteiger partial charge is 0.331 e. The minimum Gasteiger partial charge on any atom is -0.456 e. The van der Waals surface area contributed by atoms with Crippen molar-refractivity contribution in [2.75, 3.05) is 0 Å². The van der Waals surface area contributed by atoms with E-state index in [2.05, 4.69) is 56.5 Å². The number of rotatable bonds is 11. The fraction of sp³-hybridized carbons (Fsp3) is 0.650. The molecule has 0 radical (unpaired) electrons. The van der Waals surface area contributed by atoms with Crippen LogP contribution in [0.1, 0.15) is 53.4 Å². The molecule has 0 spiro atoms. The lowest BCUT2D eigenvalue weighted by molar-refractivity contribution is -0.146. The third kappa shape index (κ3) is 7.09. The first-order valence-electron chi connectivity index (χ1n) is 8.77. The van der Waals surface area contributed by atoms with Crippen molar-refractivity contribution in [1.82, 2.24) is 0 Å². The Labute approximate surface area is 160 Å². The maximum atomic E-state index is 12.1. The van der Waals surface area contributed by atoms with E-state index in [9.17, 15) is 4.79 Å². The van der Waals surface area contributed by atoms with Gasteiger partial charge in [-0.3, -0.25) is 0 Å². The van der Waals surface area contributed by atoms with Crippen LogP contribution in [0.4, 0.5) is 0 Å². The summed E-state index contributed by atoms with van der Waals surface area (Å²) in [5.41, 5.74) is 1.11. The quantitative estimate of drug-likeness (QED) is 0.136. The van der Waals surface area contributed by atoms with E-state index in [1.807, 2.05) is 13.0 Å². The second-order valence-electron chi connectivity index (χ2n) is 6.89. The SMILES string of the molecule is C=CCC(=C)C[C@H](C)[C@@H](OC(=O)/C=C(/C)I)[C@H]1O[C@H]1[C@@H](C)CCC. The molecule has 1 aliphatic heterocycles. The summed E-state index contributed by atoms with van der Waals surface area (Å²) in [6.07, 6.45) is 7.24. The molecule has 0 unspecified atom stereocenters. The third-order valence-electron chi connectivity index (χ3n) is 4.36. The number of hydrogen-bond donors (Lipinski definition) is 0. The first kappa shape index (κ1) is 21.4. The Hall–Kier alpha value is -0.620. The molecule has 0 N–H and O–H groups in total. The van der Waals surface area contributed by atoms with Crippen LogP contribution in [0.25, 0.3) is 0 Å². The van der Waals surface area contributed by atoms with Crippen LogP contribution in [-0.2, 0) is 14.3 Å². The lowest BCUT2D eigenvalue weighted by atomic mass is 9.89. The highest BCUT2D eigenvalue weighted by Gasteiger charge is 2.50. The molecular weight excluding hydrogens is 415 g/mol. The van der Waals surface area contributed by atoms with Gasteiger partial charge in [-0.05, 0) is 64.2 Å². The first-order chi connectivity index (χ1) is 11.3. The number of halogens is 1. The van der Waals surface area contributed by atoms with Crippen LogP contribution in [-0.4, -0.2) is 24.3 Å². The summed E-state index contributed by atoms with van der Waals surface area (Å²) in [6.45, 7) is 16.2. The first-order valence-corrected chi connectivity index (χ1v) is 9.85. The zero-order valence-corrected chi connectivity index (χ0v) is 17.5. The second-order valence-corrected chi connectivity index (χ2v) is 8.59. The summed E-state index contributed by atoms with van der Waals surface area (Å²) in [7, 11) is 0. The van der Waals surface area contributed by atoms with Crippen LogP contribution in [0.2, 0.25) is 0 Å². The van der Waals surface area contributed by atoms with Gasteiger partial charge in [-0.15, -0.1) is 6.58 Å². The highest BCUT2D eigenvalue weighted by Crippen LogP contribution is 2.39. The van der Waals surface area contributed by atoms with Crippen LogP contribution < -0.4 is 0 Å². The zero-order chi connectivity index (χ0) is 18.3. The Morgan fingerprint density at radius 3 is 2.58 bits per heavy atom. The number of hydrogen-bond acceptors (Lipinski definition) is 3. The highest BCUT2D eigenvalue weighted by molar-refractivity contribution is 14.1. The number of esters is 1. The molecule has 0 saturated carbocycles. The number of carbonyl (C=O) groups excluding carboxylic acids is 1. The Morgan fingerprint density at radius 2 is 2.04 bits per heavy atom. The van der Waals surface area contributed by atoms with Crippen LogP contribution in [0.15, 0.2) is 34.5 Å². The van der Waals surface area contributed by atoms with Crippen molar-refractivity contribution in [3.05, 3.63) is 34.5 Å². The number of carbonyl (C=O) groups is 1. The predicted molar refractivity (Wildman–Crippen MR) is 108 cm³/mol. The molecule has 1 fully saturated rings.